The minimum atomic E-state index is -0.405. The van der Waals surface area contributed by atoms with Crippen molar-refractivity contribution in [2.45, 2.75) is 19.4 Å². The quantitative estimate of drug-likeness (QED) is 0.788. The molecule has 0 radical (unpaired) electrons. The summed E-state index contributed by atoms with van der Waals surface area (Å²) in [6.07, 6.45) is 0.713. The number of hydrogen-bond acceptors (Lipinski definition) is 3. The minimum Gasteiger partial charge on any atom is -0.341 e. The molecule has 3 amide bonds. The number of nitrogens with zero attached hydrogens (tertiary/aromatic N) is 2. The summed E-state index contributed by atoms with van der Waals surface area (Å²) in [6.45, 7) is 1.72. The van der Waals surface area contributed by atoms with E-state index in [4.69, 9.17) is 0 Å². The van der Waals surface area contributed by atoms with Crippen molar-refractivity contribution in [3.8, 4) is 0 Å². The number of amides is 3. The van der Waals surface area contributed by atoms with Crippen LogP contribution < -0.4 is 0 Å². The van der Waals surface area contributed by atoms with Crippen molar-refractivity contribution in [1.82, 2.24) is 9.80 Å². The van der Waals surface area contributed by atoms with Crippen molar-refractivity contribution in [1.29, 1.82) is 0 Å². The van der Waals surface area contributed by atoms with Gasteiger partial charge >= 0.3 is 0 Å². The van der Waals surface area contributed by atoms with Crippen LogP contribution in [-0.4, -0.2) is 47.2 Å². The van der Waals surface area contributed by atoms with Crippen molar-refractivity contribution in [2.75, 3.05) is 13.6 Å². The van der Waals surface area contributed by atoms with Crippen LogP contribution in [0.2, 0.25) is 0 Å². The number of fused-ring (bicyclic) bond motifs is 1. The molecular weight excluding hydrogens is 316 g/mol. The molecule has 0 unspecified atom stereocenters. The SMILES string of the molecule is C[C@H](Cc1ccccc1)N(C)C(=O)CN1C(=O)c2ccccc2C1=O. The number of imide groups is 1. The molecule has 1 atom stereocenters. The van der Waals surface area contributed by atoms with Gasteiger partial charge in [-0.25, -0.2) is 0 Å². The molecule has 0 aromatic heterocycles. The number of rotatable bonds is 5. The second kappa shape index (κ2) is 6.89. The van der Waals surface area contributed by atoms with E-state index in [0.717, 1.165) is 10.5 Å². The van der Waals surface area contributed by atoms with Crippen LogP contribution in [0.1, 0.15) is 33.2 Å². The second-order valence-electron chi connectivity index (χ2n) is 6.29. The molecule has 2 aromatic rings. The second-order valence-corrected chi connectivity index (χ2v) is 6.29. The lowest BCUT2D eigenvalue weighted by molar-refractivity contribution is -0.131. The maximum atomic E-state index is 12.6. The standard InChI is InChI=1S/C20H20N2O3/c1-14(12-15-8-4-3-5-9-15)21(2)18(23)13-22-19(24)16-10-6-7-11-17(16)20(22)25/h3-11,14H,12-13H2,1-2H3/t14-/m1/s1. The maximum Gasteiger partial charge on any atom is 0.262 e. The van der Waals surface area contributed by atoms with Crippen LogP contribution in [0.5, 0.6) is 0 Å². The van der Waals surface area contributed by atoms with E-state index in [2.05, 4.69) is 0 Å². The third-order valence-corrected chi connectivity index (χ3v) is 4.60. The van der Waals surface area contributed by atoms with Crippen molar-refractivity contribution < 1.29 is 14.4 Å². The van der Waals surface area contributed by atoms with E-state index in [1.165, 1.54) is 0 Å². The Morgan fingerprint density at radius 2 is 1.48 bits per heavy atom. The Balaban J connectivity index is 1.66. The molecule has 1 heterocycles. The van der Waals surface area contributed by atoms with Crippen LogP contribution in [-0.2, 0) is 11.2 Å². The van der Waals surface area contributed by atoms with Crippen molar-refractivity contribution in [3.63, 3.8) is 0 Å². The van der Waals surface area contributed by atoms with Crippen molar-refractivity contribution >= 4 is 17.7 Å². The highest BCUT2D eigenvalue weighted by atomic mass is 16.2. The number of benzene rings is 2. The minimum absolute atomic E-state index is 0.0370. The summed E-state index contributed by atoms with van der Waals surface area (Å²) in [5.41, 5.74) is 1.86. The molecule has 128 valence electrons. The molecule has 5 heteroatoms. The molecule has 0 saturated heterocycles. The number of likely N-dealkylation sites (N-methyl/N-ethyl adjacent to an activating group) is 1. The first-order valence-corrected chi connectivity index (χ1v) is 8.24. The lowest BCUT2D eigenvalue weighted by atomic mass is 10.1. The summed E-state index contributed by atoms with van der Waals surface area (Å²) >= 11 is 0. The Hall–Kier alpha value is -2.95. The molecular formula is C20H20N2O3. The lowest BCUT2D eigenvalue weighted by Crippen LogP contribution is -2.44. The molecule has 0 aliphatic carbocycles. The van der Waals surface area contributed by atoms with Gasteiger partial charge in [-0.15, -0.1) is 0 Å². The van der Waals surface area contributed by atoms with E-state index in [-0.39, 0.29) is 18.5 Å². The summed E-state index contributed by atoms with van der Waals surface area (Å²) in [5.74, 6) is -1.06. The fraction of sp³-hybridized carbons (Fsp3) is 0.250. The normalized spacial score (nSPS) is 14.4. The van der Waals surface area contributed by atoms with E-state index in [1.807, 2.05) is 37.3 Å². The summed E-state index contributed by atoms with van der Waals surface area (Å²) in [5, 5.41) is 0. The van der Waals surface area contributed by atoms with Gasteiger partial charge in [-0.05, 0) is 31.0 Å². The molecule has 0 bridgehead atoms. The van der Waals surface area contributed by atoms with Gasteiger partial charge in [0, 0.05) is 13.1 Å². The van der Waals surface area contributed by atoms with Gasteiger partial charge in [-0.2, -0.15) is 0 Å². The van der Waals surface area contributed by atoms with Crippen LogP contribution in [0.25, 0.3) is 0 Å². The third-order valence-electron chi connectivity index (χ3n) is 4.60. The van der Waals surface area contributed by atoms with Gasteiger partial charge in [0.05, 0.1) is 11.1 Å². The first kappa shape index (κ1) is 16.9. The molecule has 0 N–H and O–H groups in total. The number of carbonyl (C=O) groups is 3. The summed E-state index contributed by atoms with van der Waals surface area (Å²) in [4.78, 5) is 39.9. The number of hydrogen-bond donors (Lipinski definition) is 0. The highest BCUT2D eigenvalue weighted by molar-refractivity contribution is 6.22. The highest BCUT2D eigenvalue weighted by Gasteiger charge is 2.37. The monoisotopic (exact) mass is 336 g/mol. The Kier molecular flexibility index (Phi) is 4.65. The van der Waals surface area contributed by atoms with E-state index in [9.17, 15) is 14.4 Å². The van der Waals surface area contributed by atoms with E-state index < -0.39 is 11.8 Å². The molecule has 3 rings (SSSR count). The van der Waals surface area contributed by atoms with Gasteiger partial charge < -0.3 is 4.90 Å². The highest BCUT2D eigenvalue weighted by Crippen LogP contribution is 2.22. The molecule has 2 aromatic carbocycles. The first-order chi connectivity index (χ1) is 12.0. The zero-order valence-electron chi connectivity index (χ0n) is 14.3. The zero-order valence-corrected chi connectivity index (χ0v) is 14.3. The Labute approximate surface area is 146 Å². The van der Waals surface area contributed by atoms with Gasteiger partial charge in [0.25, 0.3) is 11.8 Å². The van der Waals surface area contributed by atoms with Crippen LogP contribution in [0.15, 0.2) is 54.6 Å². The topological polar surface area (TPSA) is 57.7 Å². The van der Waals surface area contributed by atoms with Crippen molar-refractivity contribution in [3.05, 3.63) is 71.3 Å². The molecule has 1 aliphatic rings. The average molecular weight is 336 g/mol. The van der Waals surface area contributed by atoms with Crippen LogP contribution in [0.3, 0.4) is 0 Å². The molecule has 25 heavy (non-hydrogen) atoms. The van der Waals surface area contributed by atoms with Gasteiger partial charge in [0.15, 0.2) is 0 Å². The average Bonchev–Trinajstić information content (AvgIpc) is 2.87. The third kappa shape index (κ3) is 3.31. The Morgan fingerprint density at radius 1 is 0.960 bits per heavy atom. The van der Waals surface area contributed by atoms with Gasteiger partial charge in [-0.3, -0.25) is 19.3 Å². The maximum absolute atomic E-state index is 12.6. The summed E-state index contributed by atoms with van der Waals surface area (Å²) < 4.78 is 0. The summed E-state index contributed by atoms with van der Waals surface area (Å²) in [6, 6.07) is 16.5. The molecule has 5 nitrogen and oxygen atoms in total. The number of carbonyl (C=O) groups excluding carboxylic acids is 3. The predicted molar refractivity (Wildman–Crippen MR) is 94.2 cm³/mol. The smallest absolute Gasteiger partial charge is 0.262 e. The fourth-order valence-electron chi connectivity index (χ4n) is 2.97. The Bertz CT molecular complexity index is 782. The molecule has 0 fully saturated rings. The van der Waals surface area contributed by atoms with Crippen LogP contribution in [0.4, 0.5) is 0 Å². The van der Waals surface area contributed by atoms with Gasteiger partial charge in [0.2, 0.25) is 5.91 Å². The van der Waals surface area contributed by atoms with Crippen LogP contribution in [0, 0.1) is 0 Å². The largest absolute Gasteiger partial charge is 0.341 e. The van der Waals surface area contributed by atoms with Gasteiger partial charge in [0.1, 0.15) is 6.54 Å². The van der Waals surface area contributed by atoms with E-state index in [0.29, 0.717) is 17.5 Å². The Morgan fingerprint density at radius 3 is 2.04 bits per heavy atom. The van der Waals surface area contributed by atoms with E-state index in [1.54, 1.807) is 36.2 Å². The first-order valence-electron chi connectivity index (χ1n) is 8.24. The van der Waals surface area contributed by atoms with Gasteiger partial charge in [-0.1, -0.05) is 42.5 Å². The van der Waals surface area contributed by atoms with Crippen LogP contribution >= 0.6 is 0 Å². The van der Waals surface area contributed by atoms with E-state index >= 15 is 0 Å². The lowest BCUT2D eigenvalue weighted by Gasteiger charge is -2.26. The van der Waals surface area contributed by atoms with Crippen molar-refractivity contribution in [2.24, 2.45) is 0 Å². The molecule has 0 saturated carbocycles. The molecule has 0 spiro atoms. The predicted octanol–water partition coefficient (Wildman–Crippen LogP) is 2.37. The molecule has 1 aliphatic heterocycles. The zero-order chi connectivity index (χ0) is 18.0. The summed E-state index contributed by atoms with van der Waals surface area (Å²) in [7, 11) is 1.70. The fourth-order valence-corrected chi connectivity index (χ4v) is 2.97.